The molecule has 0 aliphatic carbocycles. The summed E-state index contributed by atoms with van der Waals surface area (Å²) in [6, 6.07) is 18.1. The van der Waals surface area contributed by atoms with Crippen molar-refractivity contribution >= 4 is 33.8 Å². The molecule has 0 atom stereocenters. The summed E-state index contributed by atoms with van der Waals surface area (Å²) in [5.74, 6) is 1.58. The van der Waals surface area contributed by atoms with Crippen LogP contribution in [-0.4, -0.2) is 34.9 Å². The number of anilines is 2. The van der Waals surface area contributed by atoms with Crippen LogP contribution in [0.1, 0.15) is 11.1 Å². The Bertz CT molecular complexity index is 1570. The number of H-pyrrole nitrogens is 2. The molecule has 166 valence electrons. The van der Waals surface area contributed by atoms with Crippen molar-refractivity contribution in [1.82, 2.24) is 34.9 Å². The van der Waals surface area contributed by atoms with Gasteiger partial charge in [0, 0.05) is 31.0 Å². The predicted molar refractivity (Wildman–Crippen MR) is 132 cm³/mol. The van der Waals surface area contributed by atoms with E-state index in [1.54, 1.807) is 12.5 Å². The second kappa shape index (κ2) is 8.62. The Morgan fingerprint density at radius 2 is 1.71 bits per heavy atom. The fourth-order valence-corrected chi connectivity index (χ4v) is 3.78. The van der Waals surface area contributed by atoms with Crippen molar-refractivity contribution < 1.29 is 0 Å². The van der Waals surface area contributed by atoms with Gasteiger partial charge in [0.25, 0.3) is 0 Å². The normalized spacial score (nSPS) is 11.2. The smallest absolute Gasteiger partial charge is 0.159 e. The van der Waals surface area contributed by atoms with Gasteiger partial charge in [-0.15, -0.1) is 0 Å². The van der Waals surface area contributed by atoms with Gasteiger partial charge in [0.2, 0.25) is 0 Å². The number of benzene rings is 1. The SMILES string of the molecule is c1cncc(CNc2cnc3[nH]c(-c4cccc(CNc5ccc6nc[nH]c6n5)c4)nc3c2)c1. The van der Waals surface area contributed by atoms with E-state index in [-0.39, 0.29) is 0 Å². The van der Waals surface area contributed by atoms with Crippen LogP contribution >= 0.6 is 0 Å². The minimum Gasteiger partial charge on any atom is -0.380 e. The van der Waals surface area contributed by atoms with Crippen LogP contribution in [-0.2, 0) is 13.1 Å². The first-order valence-corrected chi connectivity index (χ1v) is 10.9. The molecule has 4 N–H and O–H groups in total. The van der Waals surface area contributed by atoms with Crippen LogP contribution in [0.2, 0.25) is 0 Å². The number of aromatic nitrogens is 7. The summed E-state index contributed by atoms with van der Waals surface area (Å²) >= 11 is 0. The van der Waals surface area contributed by atoms with Crippen LogP contribution in [0.5, 0.6) is 0 Å². The molecule has 6 rings (SSSR count). The van der Waals surface area contributed by atoms with E-state index in [0.717, 1.165) is 56.3 Å². The summed E-state index contributed by atoms with van der Waals surface area (Å²) in [7, 11) is 0. The van der Waals surface area contributed by atoms with Crippen LogP contribution in [0.3, 0.4) is 0 Å². The second-order valence-corrected chi connectivity index (χ2v) is 7.91. The molecule has 0 bridgehead atoms. The lowest BCUT2D eigenvalue weighted by molar-refractivity contribution is 1.11. The van der Waals surface area contributed by atoms with Gasteiger partial charge in [-0.3, -0.25) is 4.98 Å². The summed E-state index contributed by atoms with van der Waals surface area (Å²) < 4.78 is 0. The van der Waals surface area contributed by atoms with E-state index in [0.29, 0.717) is 13.1 Å². The Morgan fingerprint density at radius 3 is 2.65 bits per heavy atom. The maximum Gasteiger partial charge on any atom is 0.159 e. The molecule has 0 unspecified atom stereocenters. The van der Waals surface area contributed by atoms with E-state index >= 15 is 0 Å². The maximum absolute atomic E-state index is 4.77. The van der Waals surface area contributed by atoms with Crippen LogP contribution in [0.15, 0.2) is 79.5 Å². The quantitative estimate of drug-likeness (QED) is 0.284. The maximum atomic E-state index is 4.77. The van der Waals surface area contributed by atoms with E-state index < -0.39 is 0 Å². The van der Waals surface area contributed by atoms with Gasteiger partial charge in [-0.1, -0.05) is 24.3 Å². The highest BCUT2D eigenvalue weighted by Crippen LogP contribution is 2.23. The first kappa shape index (κ1) is 19.9. The van der Waals surface area contributed by atoms with Crippen LogP contribution in [0.4, 0.5) is 11.5 Å². The monoisotopic (exact) mass is 447 g/mol. The number of pyridine rings is 3. The highest BCUT2D eigenvalue weighted by Gasteiger charge is 2.09. The Balaban J connectivity index is 1.17. The number of rotatable bonds is 7. The Labute approximate surface area is 194 Å². The molecule has 0 amide bonds. The summed E-state index contributed by atoms with van der Waals surface area (Å²) in [4.78, 5) is 28.6. The van der Waals surface area contributed by atoms with E-state index in [4.69, 9.17) is 4.98 Å². The number of nitrogens with zero attached hydrogens (tertiary/aromatic N) is 5. The fourth-order valence-electron chi connectivity index (χ4n) is 3.78. The fraction of sp³-hybridized carbons (Fsp3) is 0.0800. The Kier molecular flexibility index (Phi) is 5.04. The minimum atomic E-state index is 0.640. The topological polar surface area (TPSA) is 120 Å². The molecular formula is C25H21N9. The zero-order valence-electron chi connectivity index (χ0n) is 18.2. The standard InChI is InChI=1S/C25H21N9/c1-3-16(12-28-22-7-6-20-24(33-22)31-15-30-20)9-18(5-1)23-32-21-10-19(14-29-25(21)34-23)27-13-17-4-2-8-26-11-17/h1-11,14-15,27H,12-13H2,(H,29,32,34)(H2,28,30,31,33). The molecule has 5 aromatic heterocycles. The molecule has 9 nitrogen and oxygen atoms in total. The largest absolute Gasteiger partial charge is 0.380 e. The zero-order valence-corrected chi connectivity index (χ0v) is 18.2. The summed E-state index contributed by atoms with van der Waals surface area (Å²) in [5, 5.41) is 6.74. The van der Waals surface area contributed by atoms with Crippen molar-refractivity contribution in [1.29, 1.82) is 0 Å². The zero-order chi connectivity index (χ0) is 22.7. The number of hydrogen-bond donors (Lipinski definition) is 4. The van der Waals surface area contributed by atoms with E-state index in [9.17, 15) is 0 Å². The van der Waals surface area contributed by atoms with Gasteiger partial charge >= 0.3 is 0 Å². The molecule has 6 aromatic rings. The molecule has 0 radical (unpaired) electrons. The van der Waals surface area contributed by atoms with Gasteiger partial charge in [0.1, 0.15) is 22.7 Å². The first-order valence-electron chi connectivity index (χ1n) is 10.9. The van der Waals surface area contributed by atoms with Crippen molar-refractivity contribution in [3.63, 3.8) is 0 Å². The molecule has 34 heavy (non-hydrogen) atoms. The van der Waals surface area contributed by atoms with Crippen molar-refractivity contribution in [2.75, 3.05) is 10.6 Å². The van der Waals surface area contributed by atoms with Crippen molar-refractivity contribution in [3.8, 4) is 11.4 Å². The average molecular weight is 448 g/mol. The van der Waals surface area contributed by atoms with Crippen LogP contribution < -0.4 is 10.6 Å². The minimum absolute atomic E-state index is 0.640. The molecule has 5 heterocycles. The number of fused-ring (bicyclic) bond motifs is 2. The van der Waals surface area contributed by atoms with Gasteiger partial charge in [0.15, 0.2) is 11.3 Å². The molecule has 0 spiro atoms. The third kappa shape index (κ3) is 4.14. The lowest BCUT2D eigenvalue weighted by atomic mass is 10.1. The van der Waals surface area contributed by atoms with Gasteiger partial charge in [0.05, 0.1) is 18.2 Å². The average Bonchev–Trinajstić information content (AvgIpc) is 3.53. The molecule has 0 fully saturated rings. The lowest BCUT2D eigenvalue weighted by Crippen LogP contribution is -2.01. The highest BCUT2D eigenvalue weighted by atomic mass is 15.0. The predicted octanol–water partition coefficient (Wildman–Crippen LogP) is 4.52. The summed E-state index contributed by atoms with van der Waals surface area (Å²) in [6.45, 7) is 1.32. The molecule has 0 saturated carbocycles. The summed E-state index contributed by atoms with van der Waals surface area (Å²) in [6.07, 6.45) is 7.07. The number of imidazole rings is 2. The molecule has 1 aromatic carbocycles. The molecular weight excluding hydrogens is 426 g/mol. The lowest BCUT2D eigenvalue weighted by Gasteiger charge is -2.07. The Hall–Kier alpha value is -4.79. The van der Waals surface area contributed by atoms with Crippen LogP contribution in [0, 0.1) is 0 Å². The number of nitrogens with one attached hydrogen (secondary N) is 4. The first-order chi connectivity index (χ1) is 16.8. The molecule has 9 heteroatoms. The van der Waals surface area contributed by atoms with E-state index in [1.807, 2.05) is 54.9 Å². The van der Waals surface area contributed by atoms with E-state index in [2.05, 4.69) is 52.7 Å². The molecule has 0 aliphatic rings. The molecule has 0 aliphatic heterocycles. The van der Waals surface area contributed by atoms with Gasteiger partial charge in [-0.2, -0.15) is 0 Å². The van der Waals surface area contributed by atoms with Crippen molar-refractivity contribution in [3.05, 3.63) is 90.6 Å². The number of aromatic amines is 2. The third-order valence-corrected chi connectivity index (χ3v) is 5.51. The number of hydrogen-bond acceptors (Lipinski definition) is 7. The second-order valence-electron chi connectivity index (χ2n) is 7.91. The summed E-state index contributed by atoms with van der Waals surface area (Å²) in [5.41, 5.74) is 7.32. The van der Waals surface area contributed by atoms with Crippen molar-refractivity contribution in [2.24, 2.45) is 0 Å². The third-order valence-electron chi connectivity index (χ3n) is 5.51. The van der Waals surface area contributed by atoms with Gasteiger partial charge in [-0.05, 0) is 41.5 Å². The van der Waals surface area contributed by atoms with E-state index in [1.165, 1.54) is 0 Å². The highest BCUT2D eigenvalue weighted by molar-refractivity contribution is 5.79. The van der Waals surface area contributed by atoms with Crippen molar-refractivity contribution in [2.45, 2.75) is 13.1 Å². The Morgan fingerprint density at radius 1 is 0.765 bits per heavy atom. The van der Waals surface area contributed by atoms with Crippen LogP contribution in [0.25, 0.3) is 33.7 Å². The van der Waals surface area contributed by atoms with Gasteiger partial charge < -0.3 is 20.6 Å². The molecule has 0 saturated heterocycles. The van der Waals surface area contributed by atoms with Gasteiger partial charge in [-0.25, -0.2) is 19.9 Å².